The Balaban J connectivity index is 1.09. The molecule has 2 aromatic heterocycles. The monoisotopic (exact) mass is 584 g/mol. The molecule has 216 valence electrons. The van der Waals surface area contributed by atoms with Crippen LogP contribution in [0, 0.1) is 0 Å². The first-order valence-corrected chi connectivity index (χ1v) is 14.9. The first-order chi connectivity index (χ1) is 20.4. The van der Waals surface area contributed by atoms with Crippen molar-refractivity contribution in [3.8, 4) is 5.75 Å². The smallest absolute Gasteiger partial charge is 0.335 e. The number of ether oxygens (including phenoxy) is 2. The molecule has 3 aliphatic rings. The van der Waals surface area contributed by atoms with Gasteiger partial charge in [0.1, 0.15) is 11.6 Å². The van der Waals surface area contributed by atoms with Crippen LogP contribution in [0.25, 0.3) is 17.1 Å². The predicted molar refractivity (Wildman–Crippen MR) is 161 cm³/mol. The summed E-state index contributed by atoms with van der Waals surface area (Å²) in [6.45, 7) is 6.09. The Morgan fingerprint density at radius 2 is 1.98 bits per heavy atom. The Morgan fingerprint density at radius 1 is 1.14 bits per heavy atom. The standard InChI is InChI=1S/C33H33ClN4O4/c1-33(29-8-6-24(34)18-35-29)13-9-22-3-2-4-26(31(22)42-33)21-10-14-37(15-11-21)20-30-36-27-7-5-23(32(39)40)17-28(27)38(30)19-25-12-16-41-25/h2-9,13,17-18,21,25H,10-12,14-16,19-20H2,1H3,(H,39,40). The van der Waals surface area contributed by atoms with Gasteiger partial charge in [-0.3, -0.25) is 9.88 Å². The highest BCUT2D eigenvalue weighted by Crippen LogP contribution is 2.43. The number of fused-ring (bicyclic) bond motifs is 2. The number of hydrogen-bond acceptors (Lipinski definition) is 6. The molecule has 3 aliphatic heterocycles. The van der Waals surface area contributed by atoms with Gasteiger partial charge in [-0.2, -0.15) is 0 Å². The number of imidazole rings is 1. The van der Waals surface area contributed by atoms with Crippen molar-refractivity contribution in [2.24, 2.45) is 0 Å². The number of hydrogen-bond donors (Lipinski definition) is 1. The van der Waals surface area contributed by atoms with E-state index in [1.807, 2.05) is 25.1 Å². The number of carbonyl (C=O) groups is 1. The van der Waals surface area contributed by atoms with E-state index < -0.39 is 11.6 Å². The van der Waals surface area contributed by atoms with Crippen LogP contribution in [-0.4, -0.2) is 56.3 Å². The zero-order valence-corrected chi connectivity index (χ0v) is 24.3. The lowest BCUT2D eigenvalue weighted by Crippen LogP contribution is -2.36. The molecule has 2 unspecified atom stereocenters. The highest BCUT2D eigenvalue weighted by molar-refractivity contribution is 6.30. The van der Waals surface area contributed by atoms with E-state index in [0.29, 0.717) is 24.0 Å². The third-order valence-corrected chi connectivity index (χ3v) is 9.08. The van der Waals surface area contributed by atoms with Gasteiger partial charge >= 0.3 is 5.97 Å². The Morgan fingerprint density at radius 3 is 2.69 bits per heavy atom. The fourth-order valence-corrected chi connectivity index (χ4v) is 6.42. The summed E-state index contributed by atoms with van der Waals surface area (Å²) in [7, 11) is 0. The maximum Gasteiger partial charge on any atom is 0.335 e. The molecule has 8 nitrogen and oxygen atoms in total. The summed E-state index contributed by atoms with van der Waals surface area (Å²) < 4.78 is 14.6. The number of piperidine rings is 1. The minimum atomic E-state index is -0.930. The SMILES string of the molecule is CC1(c2ccc(Cl)cn2)C=Cc2cccc(C3CCN(Cc4nc5ccc(C(=O)O)cc5n4CC4CCO4)CC3)c2O1. The van der Waals surface area contributed by atoms with Crippen LogP contribution in [0.1, 0.15) is 65.1 Å². The van der Waals surface area contributed by atoms with Crippen LogP contribution < -0.4 is 4.74 Å². The minimum absolute atomic E-state index is 0.146. The molecule has 9 heteroatoms. The molecule has 0 aliphatic carbocycles. The summed E-state index contributed by atoms with van der Waals surface area (Å²) in [5.41, 5.74) is 4.44. The number of para-hydroxylation sites is 1. The third kappa shape index (κ3) is 5.08. The molecule has 0 amide bonds. The second kappa shape index (κ2) is 10.8. The van der Waals surface area contributed by atoms with Crippen LogP contribution in [0.3, 0.4) is 0 Å². The third-order valence-electron chi connectivity index (χ3n) is 8.85. The highest BCUT2D eigenvalue weighted by atomic mass is 35.5. The molecule has 0 saturated carbocycles. The van der Waals surface area contributed by atoms with Crippen LogP contribution in [0.2, 0.25) is 5.02 Å². The number of nitrogens with zero attached hydrogens (tertiary/aromatic N) is 4. The van der Waals surface area contributed by atoms with Crippen molar-refractivity contribution in [2.75, 3.05) is 19.7 Å². The molecule has 0 spiro atoms. The molecule has 2 saturated heterocycles. The number of rotatable bonds is 7. The van der Waals surface area contributed by atoms with E-state index in [-0.39, 0.29) is 11.7 Å². The van der Waals surface area contributed by atoms with Crippen LogP contribution in [0.5, 0.6) is 5.75 Å². The van der Waals surface area contributed by atoms with Crippen LogP contribution in [-0.2, 0) is 23.4 Å². The van der Waals surface area contributed by atoms with E-state index in [4.69, 9.17) is 26.1 Å². The second-order valence-corrected chi connectivity index (χ2v) is 12.1. The van der Waals surface area contributed by atoms with Gasteiger partial charge in [0.05, 0.1) is 46.5 Å². The van der Waals surface area contributed by atoms with Gasteiger partial charge in [-0.15, -0.1) is 0 Å². The summed E-state index contributed by atoms with van der Waals surface area (Å²) in [5, 5.41) is 10.2. The molecule has 0 bridgehead atoms. The van der Waals surface area contributed by atoms with Crippen molar-refractivity contribution in [2.45, 2.75) is 56.9 Å². The molecule has 2 aromatic carbocycles. The maximum absolute atomic E-state index is 11.6. The molecule has 4 aromatic rings. The molecule has 2 fully saturated rings. The van der Waals surface area contributed by atoms with Crippen molar-refractivity contribution in [3.63, 3.8) is 0 Å². The summed E-state index contributed by atoms with van der Waals surface area (Å²) in [4.78, 5) is 23.6. The average molecular weight is 585 g/mol. The first-order valence-electron chi connectivity index (χ1n) is 14.6. The molecule has 42 heavy (non-hydrogen) atoms. The van der Waals surface area contributed by atoms with E-state index >= 15 is 0 Å². The molecular formula is C33H33ClN4O4. The summed E-state index contributed by atoms with van der Waals surface area (Å²) in [5.74, 6) is 1.35. The van der Waals surface area contributed by atoms with E-state index in [9.17, 15) is 9.90 Å². The Labute approximate surface area is 249 Å². The number of benzene rings is 2. The van der Waals surface area contributed by atoms with Gasteiger partial charge in [0.15, 0.2) is 5.60 Å². The number of aromatic nitrogens is 3. The average Bonchev–Trinajstić information content (AvgIpc) is 3.31. The Bertz CT molecular complexity index is 1670. The number of carboxylic acids is 1. The number of aromatic carboxylic acids is 1. The molecule has 2 atom stereocenters. The molecule has 5 heterocycles. The maximum atomic E-state index is 11.6. The topological polar surface area (TPSA) is 89.7 Å². The van der Waals surface area contributed by atoms with E-state index in [2.05, 4.69) is 44.8 Å². The fourth-order valence-electron chi connectivity index (χ4n) is 6.31. The predicted octanol–water partition coefficient (Wildman–Crippen LogP) is 6.27. The van der Waals surface area contributed by atoms with Crippen molar-refractivity contribution in [1.29, 1.82) is 0 Å². The molecule has 0 radical (unpaired) electrons. The van der Waals surface area contributed by atoms with Crippen molar-refractivity contribution in [3.05, 3.63) is 94.0 Å². The lowest BCUT2D eigenvalue weighted by molar-refractivity contribution is -0.0592. The Kier molecular flexibility index (Phi) is 7.00. The van der Waals surface area contributed by atoms with E-state index in [1.54, 1.807) is 18.3 Å². The first kappa shape index (κ1) is 27.1. The number of pyridine rings is 1. The minimum Gasteiger partial charge on any atom is -0.478 e. The van der Waals surface area contributed by atoms with Gasteiger partial charge in [-0.25, -0.2) is 9.78 Å². The van der Waals surface area contributed by atoms with Gasteiger partial charge in [-0.1, -0.05) is 35.9 Å². The number of carboxylic acid groups (broad SMARTS) is 1. The van der Waals surface area contributed by atoms with E-state index in [0.717, 1.165) is 72.8 Å². The summed E-state index contributed by atoms with van der Waals surface area (Å²) in [6.07, 6.45) is 9.04. The van der Waals surface area contributed by atoms with Crippen LogP contribution >= 0.6 is 11.6 Å². The molecule has 7 rings (SSSR count). The van der Waals surface area contributed by atoms with Gasteiger partial charge in [0.25, 0.3) is 0 Å². The van der Waals surface area contributed by atoms with Gasteiger partial charge in [0, 0.05) is 18.4 Å². The lowest BCUT2D eigenvalue weighted by atomic mass is 9.86. The zero-order valence-electron chi connectivity index (χ0n) is 23.5. The zero-order chi connectivity index (χ0) is 28.8. The Hall–Kier alpha value is -3.72. The highest BCUT2D eigenvalue weighted by Gasteiger charge is 2.34. The number of halogens is 1. The van der Waals surface area contributed by atoms with Gasteiger partial charge in [0.2, 0.25) is 0 Å². The summed E-state index contributed by atoms with van der Waals surface area (Å²) >= 11 is 6.09. The molecular weight excluding hydrogens is 552 g/mol. The quantitative estimate of drug-likeness (QED) is 0.274. The van der Waals surface area contributed by atoms with Crippen molar-refractivity contribution >= 4 is 34.7 Å². The van der Waals surface area contributed by atoms with E-state index in [1.165, 1.54) is 5.56 Å². The summed E-state index contributed by atoms with van der Waals surface area (Å²) in [6, 6.07) is 15.4. The normalized spacial score (nSPS) is 22.5. The van der Waals surface area contributed by atoms with Crippen LogP contribution in [0.15, 0.2) is 60.8 Å². The molecule has 1 N–H and O–H groups in total. The fraction of sp³-hybridized carbons (Fsp3) is 0.364. The second-order valence-electron chi connectivity index (χ2n) is 11.6. The van der Waals surface area contributed by atoms with Crippen molar-refractivity contribution in [1.82, 2.24) is 19.4 Å². The van der Waals surface area contributed by atoms with Gasteiger partial charge in [-0.05, 0) is 87.2 Å². The largest absolute Gasteiger partial charge is 0.478 e. The van der Waals surface area contributed by atoms with Crippen LogP contribution in [0.4, 0.5) is 0 Å². The number of likely N-dealkylation sites (tertiary alicyclic amines) is 1. The van der Waals surface area contributed by atoms with Crippen molar-refractivity contribution < 1.29 is 19.4 Å². The van der Waals surface area contributed by atoms with Gasteiger partial charge < -0.3 is 19.1 Å². The lowest BCUT2D eigenvalue weighted by Gasteiger charge is -2.36.